The van der Waals surface area contributed by atoms with Gasteiger partial charge in [-0.25, -0.2) is 0 Å². The monoisotopic (exact) mass is 281 g/mol. The highest BCUT2D eigenvalue weighted by Gasteiger charge is 1.98. The normalized spacial score (nSPS) is 12.8. The first-order chi connectivity index (χ1) is 6.74. The number of alkyl halides is 1. The molecule has 1 unspecified atom stereocenters. The van der Waals surface area contributed by atoms with Crippen molar-refractivity contribution in [3.8, 4) is 0 Å². The maximum absolute atomic E-state index is 5.16. The van der Waals surface area contributed by atoms with Crippen LogP contribution in [0, 0.1) is 0 Å². The first kappa shape index (κ1) is 16.7. The molecule has 2 nitrogen and oxygen atoms in total. The van der Waals surface area contributed by atoms with Crippen molar-refractivity contribution in [2.75, 3.05) is 12.4 Å². The van der Waals surface area contributed by atoms with Crippen molar-refractivity contribution in [2.24, 2.45) is 5.14 Å². The molecule has 4 heteroatoms. The van der Waals surface area contributed by atoms with Gasteiger partial charge in [-0.15, -0.1) is 19.4 Å². The highest BCUT2D eigenvalue weighted by Crippen LogP contribution is 2.06. The molecule has 0 bridgehead atoms. The van der Waals surface area contributed by atoms with Crippen LogP contribution >= 0.6 is 28.7 Å². The summed E-state index contributed by atoms with van der Waals surface area (Å²) in [4.78, 5) is 0. The fraction of sp³-hybridized carbons (Fsp3) is 0.600. The predicted octanol–water partition coefficient (Wildman–Crippen LogP) is 3.10. The van der Waals surface area contributed by atoms with Crippen molar-refractivity contribution < 1.29 is 4.74 Å². The summed E-state index contributed by atoms with van der Waals surface area (Å²) >= 11 is 6.42. The molecule has 0 aliphatic rings. The van der Waals surface area contributed by atoms with Crippen molar-refractivity contribution in [1.82, 2.24) is 0 Å². The number of ether oxygens (including phenoxy) is 1. The zero-order valence-corrected chi connectivity index (χ0v) is 11.4. The quantitative estimate of drug-likeness (QED) is 0.446. The van der Waals surface area contributed by atoms with Crippen molar-refractivity contribution in [2.45, 2.75) is 25.9 Å². The smallest absolute Gasteiger partial charge is 0.0752 e. The van der Waals surface area contributed by atoms with Crippen LogP contribution in [0.15, 0.2) is 24.3 Å². The molecule has 0 saturated heterocycles. The number of methoxy groups -OCH3 is 1. The van der Waals surface area contributed by atoms with Crippen LogP contribution in [0.5, 0.6) is 0 Å². The highest BCUT2D eigenvalue weighted by molar-refractivity contribution is 9.09. The van der Waals surface area contributed by atoms with Crippen molar-refractivity contribution >= 4 is 28.7 Å². The number of nitrogens with two attached hydrogens (primary N) is 1. The molecule has 0 saturated carbocycles. The number of halogens is 1. The topological polar surface area (TPSA) is 35.2 Å². The van der Waals surface area contributed by atoms with E-state index in [1.54, 1.807) is 7.11 Å². The largest absolute Gasteiger partial charge is 0.377 e. The summed E-state index contributed by atoms with van der Waals surface area (Å²) in [6, 6.07) is 0. The van der Waals surface area contributed by atoms with Crippen LogP contribution in [0.1, 0.15) is 19.8 Å². The molecule has 0 amide bonds. The number of rotatable bonds is 6. The number of allylic oxidation sites excluding steroid dienone is 2. The second-order valence-corrected chi connectivity index (χ2v) is 3.33. The van der Waals surface area contributed by atoms with Gasteiger partial charge in [-0.3, -0.25) is 5.14 Å². The third-order valence-corrected chi connectivity index (χ3v) is 2.60. The molecule has 14 heavy (non-hydrogen) atoms. The molecule has 0 fully saturated rings. The van der Waals surface area contributed by atoms with Crippen molar-refractivity contribution in [1.29, 1.82) is 0 Å². The minimum Gasteiger partial charge on any atom is -0.377 e. The average molecular weight is 282 g/mol. The maximum Gasteiger partial charge on any atom is 0.0752 e. The lowest BCUT2D eigenvalue weighted by molar-refractivity contribution is 0.135. The average Bonchev–Trinajstić information content (AvgIpc) is 2.27. The first-order valence-corrected chi connectivity index (χ1v) is 6.01. The Balaban J connectivity index is 0. The number of hydrogen-bond acceptors (Lipinski definition) is 3. The molecule has 0 aromatic rings. The molecular formula is C10H20BrNOS. The Morgan fingerprint density at radius 2 is 2.21 bits per heavy atom. The van der Waals surface area contributed by atoms with E-state index in [0.29, 0.717) is 0 Å². The van der Waals surface area contributed by atoms with Gasteiger partial charge in [-0.05, 0) is 19.8 Å². The van der Waals surface area contributed by atoms with E-state index < -0.39 is 0 Å². The third kappa shape index (κ3) is 10.3. The molecule has 0 rings (SSSR count). The van der Waals surface area contributed by atoms with Gasteiger partial charge in [-0.1, -0.05) is 33.7 Å². The van der Waals surface area contributed by atoms with Gasteiger partial charge >= 0.3 is 0 Å². The van der Waals surface area contributed by atoms with E-state index >= 15 is 0 Å². The van der Waals surface area contributed by atoms with Gasteiger partial charge in [0, 0.05) is 12.4 Å². The zero-order valence-electron chi connectivity index (χ0n) is 8.87. The van der Waals surface area contributed by atoms with E-state index in [9.17, 15) is 0 Å². The number of hydrogen-bond donors (Lipinski definition) is 2. The van der Waals surface area contributed by atoms with Crippen LogP contribution in [0.4, 0.5) is 0 Å². The zero-order chi connectivity index (χ0) is 11.4. The Hall–Kier alpha value is 0.230. The lowest BCUT2D eigenvalue weighted by Gasteiger charge is -2.07. The van der Waals surface area contributed by atoms with E-state index in [0.717, 1.165) is 18.2 Å². The summed E-state index contributed by atoms with van der Waals surface area (Å²) in [5, 5.41) is 5.15. The van der Waals surface area contributed by atoms with E-state index in [1.165, 1.54) is 5.57 Å². The van der Waals surface area contributed by atoms with Gasteiger partial charge in [0.25, 0.3) is 0 Å². The lowest BCUT2D eigenvalue weighted by Crippen LogP contribution is -2.04. The maximum atomic E-state index is 5.16. The summed E-state index contributed by atoms with van der Waals surface area (Å²) in [7, 11) is 1.72. The van der Waals surface area contributed by atoms with E-state index in [2.05, 4.69) is 53.5 Å². The van der Waals surface area contributed by atoms with Gasteiger partial charge < -0.3 is 4.74 Å². The molecule has 0 aromatic carbocycles. The Kier molecular flexibility index (Phi) is 15.7. The van der Waals surface area contributed by atoms with Crippen LogP contribution in [0.3, 0.4) is 0 Å². The fourth-order valence-corrected chi connectivity index (χ4v) is 1.11. The highest BCUT2D eigenvalue weighted by atomic mass is 79.9. The third-order valence-electron chi connectivity index (χ3n) is 1.72. The molecule has 0 spiro atoms. The number of thiol groups is 1. The molecular weight excluding hydrogens is 262 g/mol. The fourth-order valence-electron chi connectivity index (χ4n) is 0.880. The van der Waals surface area contributed by atoms with Crippen LogP contribution < -0.4 is 5.14 Å². The molecule has 0 radical (unpaired) electrons. The Morgan fingerprint density at radius 1 is 1.64 bits per heavy atom. The van der Waals surface area contributed by atoms with E-state index in [1.807, 2.05) is 6.08 Å². The van der Waals surface area contributed by atoms with Crippen LogP contribution in [0.25, 0.3) is 0 Å². The standard InChI is InChI=1S/C10H17BrO.H3NS/c1-4-10(12-3)7-5-6-9(2)8-11;1-2/h4,6,10H,1,5,7-8H2,2-3H3;2H,1H2/b9-6-;. The molecule has 0 aliphatic carbocycles. The summed E-state index contributed by atoms with van der Waals surface area (Å²) in [5.41, 5.74) is 1.37. The lowest BCUT2D eigenvalue weighted by atomic mass is 10.1. The molecule has 84 valence electrons. The first-order valence-electron chi connectivity index (χ1n) is 4.37. The van der Waals surface area contributed by atoms with Crippen LogP contribution in [0.2, 0.25) is 0 Å². The van der Waals surface area contributed by atoms with E-state index in [-0.39, 0.29) is 6.10 Å². The second-order valence-electron chi connectivity index (χ2n) is 2.77. The molecule has 1 atom stereocenters. The van der Waals surface area contributed by atoms with Crippen molar-refractivity contribution in [3.63, 3.8) is 0 Å². The van der Waals surface area contributed by atoms with E-state index in [4.69, 9.17) is 4.74 Å². The van der Waals surface area contributed by atoms with Gasteiger partial charge in [0.2, 0.25) is 0 Å². The Bertz CT molecular complexity index is 162. The van der Waals surface area contributed by atoms with Gasteiger partial charge in [-0.2, -0.15) is 0 Å². The molecule has 2 N–H and O–H groups in total. The van der Waals surface area contributed by atoms with Gasteiger partial charge in [0.15, 0.2) is 0 Å². The van der Waals surface area contributed by atoms with Crippen LogP contribution in [-0.2, 0) is 4.74 Å². The Morgan fingerprint density at radius 3 is 2.57 bits per heavy atom. The summed E-state index contributed by atoms with van der Waals surface area (Å²) in [5.74, 6) is 0. The summed E-state index contributed by atoms with van der Waals surface area (Å²) in [6.45, 7) is 5.81. The summed E-state index contributed by atoms with van der Waals surface area (Å²) < 4.78 is 5.16. The minimum atomic E-state index is 0.198. The SMILES string of the molecule is C=CC(CC/C=C(/C)CBr)OC.NS. The van der Waals surface area contributed by atoms with Crippen molar-refractivity contribution in [3.05, 3.63) is 24.3 Å². The summed E-state index contributed by atoms with van der Waals surface area (Å²) in [6.07, 6.45) is 6.35. The molecule has 0 aromatic heterocycles. The van der Waals surface area contributed by atoms with Crippen LogP contribution in [-0.4, -0.2) is 18.5 Å². The second kappa shape index (κ2) is 13.2. The van der Waals surface area contributed by atoms with Gasteiger partial charge in [0.1, 0.15) is 0 Å². The Labute approximate surface area is 101 Å². The molecule has 0 heterocycles. The molecule has 0 aliphatic heterocycles. The minimum absolute atomic E-state index is 0.198. The van der Waals surface area contributed by atoms with Gasteiger partial charge in [0.05, 0.1) is 6.10 Å². The predicted molar refractivity (Wildman–Crippen MR) is 71.0 cm³/mol.